The molecule has 102 valence electrons. The molecule has 0 amide bonds. The molecule has 2 atom stereocenters. The highest BCUT2D eigenvalue weighted by atomic mass is 32.1. The number of esters is 1. The van der Waals surface area contributed by atoms with Crippen LogP contribution in [0.3, 0.4) is 0 Å². The zero-order chi connectivity index (χ0) is 14.0. The van der Waals surface area contributed by atoms with E-state index < -0.39 is 0 Å². The van der Waals surface area contributed by atoms with Crippen molar-refractivity contribution in [1.29, 1.82) is 0 Å². The highest BCUT2D eigenvalue weighted by molar-refractivity contribution is 7.80. The Kier molecular flexibility index (Phi) is 4.04. The van der Waals surface area contributed by atoms with Crippen molar-refractivity contribution >= 4 is 29.0 Å². The summed E-state index contributed by atoms with van der Waals surface area (Å²) in [6.07, 6.45) is 0.599. The summed E-state index contributed by atoms with van der Waals surface area (Å²) in [4.78, 5) is 11.5. The van der Waals surface area contributed by atoms with Gasteiger partial charge in [-0.3, -0.25) is 0 Å². The molecule has 1 saturated heterocycles. The molecule has 2 rings (SSSR count). The minimum atomic E-state index is -0.346. The first-order chi connectivity index (χ1) is 8.94. The van der Waals surface area contributed by atoms with Gasteiger partial charge in [-0.2, -0.15) is 0 Å². The van der Waals surface area contributed by atoms with Gasteiger partial charge in [-0.15, -0.1) is 0 Å². The number of nitrogens with one attached hydrogen (secondary N) is 2. The van der Waals surface area contributed by atoms with Crippen molar-refractivity contribution < 1.29 is 9.53 Å². The van der Waals surface area contributed by atoms with Crippen molar-refractivity contribution in [2.45, 2.75) is 39.3 Å². The van der Waals surface area contributed by atoms with Crippen LogP contribution in [-0.2, 0) is 9.53 Å². The molecule has 1 heterocycles. The first-order valence-corrected chi connectivity index (χ1v) is 6.71. The van der Waals surface area contributed by atoms with Gasteiger partial charge in [0.15, 0.2) is 5.11 Å². The first-order valence-electron chi connectivity index (χ1n) is 6.30. The van der Waals surface area contributed by atoms with E-state index in [4.69, 9.17) is 17.0 Å². The van der Waals surface area contributed by atoms with Crippen LogP contribution >= 0.6 is 12.2 Å². The molecule has 4 nitrogen and oxygen atoms in total. The van der Waals surface area contributed by atoms with Crippen LogP contribution < -0.4 is 10.6 Å². The van der Waals surface area contributed by atoms with E-state index in [1.165, 1.54) is 11.1 Å². The van der Waals surface area contributed by atoms with E-state index in [1.54, 1.807) is 0 Å². The lowest BCUT2D eigenvalue weighted by Gasteiger charge is -2.14. The monoisotopic (exact) mass is 278 g/mol. The van der Waals surface area contributed by atoms with Crippen molar-refractivity contribution in [3.8, 4) is 0 Å². The number of hydrogen-bond donors (Lipinski definition) is 2. The van der Waals surface area contributed by atoms with Gasteiger partial charge in [-0.05, 0) is 56.2 Å². The molecule has 1 aromatic rings. The minimum Gasteiger partial charge on any atom is -0.461 e. The van der Waals surface area contributed by atoms with Crippen LogP contribution in [0.25, 0.3) is 0 Å². The van der Waals surface area contributed by atoms with Gasteiger partial charge in [0.1, 0.15) is 12.1 Å². The zero-order valence-electron chi connectivity index (χ0n) is 11.3. The van der Waals surface area contributed by atoms with Gasteiger partial charge in [-0.25, -0.2) is 4.79 Å². The van der Waals surface area contributed by atoms with Gasteiger partial charge in [0.05, 0.1) is 0 Å². The Bertz CT molecular complexity index is 496. The number of anilines is 1. The van der Waals surface area contributed by atoms with Crippen LogP contribution in [0.5, 0.6) is 0 Å². The number of ether oxygens (including phenoxy) is 1. The number of cyclic esters (lactones) is 1. The van der Waals surface area contributed by atoms with Crippen molar-refractivity contribution in [1.82, 2.24) is 5.32 Å². The average Bonchev–Trinajstić information content (AvgIpc) is 2.55. The molecular weight excluding hydrogens is 260 g/mol. The third-order valence-electron chi connectivity index (χ3n) is 2.95. The predicted octanol–water partition coefficient (Wildman–Crippen LogP) is 2.29. The van der Waals surface area contributed by atoms with Crippen molar-refractivity contribution in [3.05, 3.63) is 29.3 Å². The molecule has 0 aliphatic carbocycles. The second kappa shape index (κ2) is 5.57. The predicted molar refractivity (Wildman–Crippen MR) is 79.2 cm³/mol. The Labute approximate surface area is 118 Å². The molecule has 1 aromatic carbocycles. The lowest BCUT2D eigenvalue weighted by molar-refractivity contribution is -0.142. The summed E-state index contributed by atoms with van der Waals surface area (Å²) < 4.78 is 5.07. The van der Waals surface area contributed by atoms with Crippen molar-refractivity contribution in [2.24, 2.45) is 0 Å². The van der Waals surface area contributed by atoms with Gasteiger partial charge in [-0.1, -0.05) is 6.07 Å². The number of benzene rings is 1. The molecule has 0 spiro atoms. The fraction of sp³-hybridized carbons (Fsp3) is 0.429. The highest BCUT2D eigenvalue weighted by Crippen LogP contribution is 2.16. The Morgan fingerprint density at radius 2 is 1.95 bits per heavy atom. The summed E-state index contributed by atoms with van der Waals surface area (Å²) in [6.45, 7) is 5.94. The maximum atomic E-state index is 11.5. The molecule has 0 radical (unpaired) electrons. The lowest BCUT2D eigenvalue weighted by Crippen LogP contribution is -2.40. The first kappa shape index (κ1) is 13.8. The lowest BCUT2D eigenvalue weighted by atomic mass is 10.1. The molecule has 0 bridgehead atoms. The van der Waals surface area contributed by atoms with Crippen LogP contribution in [0.15, 0.2) is 18.2 Å². The van der Waals surface area contributed by atoms with E-state index in [0.29, 0.717) is 11.5 Å². The van der Waals surface area contributed by atoms with Gasteiger partial charge >= 0.3 is 5.97 Å². The summed E-state index contributed by atoms with van der Waals surface area (Å²) in [5.41, 5.74) is 3.26. The van der Waals surface area contributed by atoms with Gasteiger partial charge in [0.25, 0.3) is 0 Å². The highest BCUT2D eigenvalue weighted by Gasteiger charge is 2.32. The molecule has 2 N–H and O–H groups in total. The van der Waals surface area contributed by atoms with Crippen LogP contribution in [0.1, 0.15) is 24.5 Å². The Hall–Kier alpha value is -1.62. The van der Waals surface area contributed by atoms with Crippen LogP contribution in [0.2, 0.25) is 0 Å². The quantitative estimate of drug-likeness (QED) is 0.642. The van der Waals surface area contributed by atoms with Gasteiger partial charge < -0.3 is 15.4 Å². The maximum Gasteiger partial charge on any atom is 0.329 e. The largest absolute Gasteiger partial charge is 0.461 e. The molecule has 1 aliphatic heterocycles. The van der Waals surface area contributed by atoms with Gasteiger partial charge in [0, 0.05) is 12.1 Å². The molecule has 0 aromatic heterocycles. The van der Waals surface area contributed by atoms with Crippen LogP contribution in [0.4, 0.5) is 5.69 Å². The number of thiocarbonyl (C=S) groups is 1. The zero-order valence-corrected chi connectivity index (χ0v) is 12.1. The summed E-state index contributed by atoms with van der Waals surface area (Å²) in [5.74, 6) is -0.239. The second-order valence-corrected chi connectivity index (χ2v) is 5.42. The fourth-order valence-electron chi connectivity index (χ4n) is 2.25. The fourth-order valence-corrected chi connectivity index (χ4v) is 2.51. The van der Waals surface area contributed by atoms with Crippen LogP contribution in [0, 0.1) is 13.8 Å². The number of rotatable bonds is 2. The smallest absolute Gasteiger partial charge is 0.329 e. The van der Waals surface area contributed by atoms with Gasteiger partial charge in [0.2, 0.25) is 0 Å². The van der Waals surface area contributed by atoms with E-state index in [-0.39, 0.29) is 18.1 Å². The molecular formula is C14H18N2O2S. The second-order valence-electron chi connectivity index (χ2n) is 5.01. The number of carbonyl (C=O) groups is 1. The average molecular weight is 278 g/mol. The van der Waals surface area contributed by atoms with E-state index in [0.717, 1.165) is 5.69 Å². The summed E-state index contributed by atoms with van der Waals surface area (Å²) in [7, 11) is 0. The molecule has 19 heavy (non-hydrogen) atoms. The third kappa shape index (κ3) is 3.67. The van der Waals surface area contributed by atoms with Crippen molar-refractivity contribution in [2.75, 3.05) is 5.32 Å². The van der Waals surface area contributed by atoms with E-state index in [2.05, 4.69) is 16.7 Å². The molecule has 5 heteroatoms. The molecule has 0 saturated carbocycles. The molecule has 1 aliphatic rings. The number of aryl methyl sites for hydroxylation is 2. The summed E-state index contributed by atoms with van der Waals surface area (Å²) in [6, 6.07) is 5.77. The standard InChI is InChI=1S/C14H18N2O2S/c1-8-4-9(2)6-11(5-8)15-14(19)16-12-7-10(3)18-13(12)17/h4-6,10,12H,7H2,1-3H3,(H2,15,16,19)/t10-,12+/m1/s1. The van der Waals surface area contributed by atoms with Crippen LogP contribution in [-0.4, -0.2) is 23.2 Å². The van der Waals surface area contributed by atoms with E-state index in [1.807, 2.05) is 32.9 Å². The Morgan fingerprint density at radius 3 is 2.47 bits per heavy atom. The Morgan fingerprint density at radius 1 is 1.32 bits per heavy atom. The normalized spacial score (nSPS) is 21.9. The molecule has 1 fully saturated rings. The third-order valence-corrected chi connectivity index (χ3v) is 3.17. The number of hydrogen-bond acceptors (Lipinski definition) is 3. The van der Waals surface area contributed by atoms with E-state index >= 15 is 0 Å². The SMILES string of the molecule is Cc1cc(C)cc(NC(=S)N[C@H]2C[C@@H](C)OC2=O)c1. The maximum absolute atomic E-state index is 11.5. The Balaban J connectivity index is 1.96. The minimum absolute atomic E-state index is 0.0472. The molecule has 0 unspecified atom stereocenters. The topological polar surface area (TPSA) is 50.4 Å². The van der Waals surface area contributed by atoms with E-state index in [9.17, 15) is 4.79 Å². The summed E-state index contributed by atoms with van der Waals surface area (Å²) in [5, 5.41) is 6.54. The summed E-state index contributed by atoms with van der Waals surface area (Å²) >= 11 is 5.22. The van der Waals surface area contributed by atoms with Crippen molar-refractivity contribution in [3.63, 3.8) is 0 Å². The number of carbonyl (C=O) groups excluding carboxylic acids is 1.